The minimum Gasteiger partial charge on any atom is -0.506 e. The fourth-order valence-corrected chi connectivity index (χ4v) is 4.19. The molecule has 1 aromatic carbocycles. The average Bonchev–Trinajstić information content (AvgIpc) is 2.92. The van der Waals surface area contributed by atoms with Gasteiger partial charge in [0, 0.05) is 6.07 Å². The second kappa shape index (κ2) is 7.02. The maximum Gasteiger partial charge on any atom is 0.253 e. The first-order valence-corrected chi connectivity index (χ1v) is 9.09. The van der Waals surface area contributed by atoms with Crippen LogP contribution >= 0.6 is 46.3 Å². The van der Waals surface area contributed by atoms with Crippen LogP contribution in [0.15, 0.2) is 33.4 Å². The number of para-hydroxylation sites is 1. The molecule has 0 aliphatic rings. The lowest BCUT2D eigenvalue weighted by molar-refractivity contribution is -0.113. The van der Waals surface area contributed by atoms with Crippen LogP contribution in [0.3, 0.4) is 0 Å². The monoisotopic (exact) mass is 401 g/mol. The van der Waals surface area contributed by atoms with Crippen LogP contribution in [0.2, 0.25) is 10.0 Å². The van der Waals surface area contributed by atoms with E-state index in [1.807, 2.05) is 0 Å². The number of aromatic hydroxyl groups is 1. The molecule has 1 amide bonds. The number of H-pyrrole nitrogens is 1. The molecule has 0 bridgehead atoms. The number of carbonyl (C=O) groups excluding carboxylic acids is 1. The number of fused-ring (bicyclic) bond motifs is 1. The van der Waals surface area contributed by atoms with Crippen LogP contribution in [0.1, 0.15) is 0 Å². The van der Waals surface area contributed by atoms with E-state index in [0.29, 0.717) is 30.4 Å². The Kier molecular flexibility index (Phi) is 5.00. The van der Waals surface area contributed by atoms with Gasteiger partial charge in [-0.25, -0.2) is 4.98 Å². The highest BCUT2D eigenvalue weighted by molar-refractivity contribution is 8.01. The van der Waals surface area contributed by atoms with Gasteiger partial charge in [0.05, 0.1) is 21.5 Å². The number of pyridine rings is 1. The molecular formula is C14H9Cl2N3O3S2. The fourth-order valence-electron chi connectivity index (χ4n) is 1.88. The van der Waals surface area contributed by atoms with Crippen molar-refractivity contribution in [3.05, 3.63) is 44.7 Å². The van der Waals surface area contributed by atoms with Gasteiger partial charge >= 0.3 is 0 Å². The zero-order chi connectivity index (χ0) is 17.3. The normalized spacial score (nSPS) is 10.9. The third-order valence-electron chi connectivity index (χ3n) is 2.90. The van der Waals surface area contributed by atoms with Crippen LogP contribution in [0.25, 0.3) is 10.3 Å². The zero-order valence-corrected chi connectivity index (χ0v) is 14.9. The molecular weight excluding hydrogens is 393 g/mol. The lowest BCUT2D eigenvalue weighted by Crippen LogP contribution is -2.14. The molecule has 124 valence electrons. The molecule has 3 rings (SSSR count). The number of halogens is 2. The molecule has 0 aliphatic heterocycles. The maximum absolute atomic E-state index is 12.0. The highest BCUT2D eigenvalue weighted by Gasteiger charge is 2.13. The number of benzene rings is 1. The molecule has 2 heterocycles. The summed E-state index contributed by atoms with van der Waals surface area (Å²) in [5.41, 5.74) is 0.215. The Labute approximate surface area is 153 Å². The first kappa shape index (κ1) is 17.1. The Balaban J connectivity index is 1.70. The van der Waals surface area contributed by atoms with E-state index >= 15 is 0 Å². The number of nitrogens with zero attached hydrogens (tertiary/aromatic N) is 1. The van der Waals surface area contributed by atoms with Gasteiger partial charge in [0.15, 0.2) is 9.99 Å². The third kappa shape index (κ3) is 3.67. The number of thioether (sulfide) groups is 1. The molecule has 0 saturated heterocycles. The molecule has 0 aliphatic carbocycles. The summed E-state index contributed by atoms with van der Waals surface area (Å²) < 4.78 is 1.01. The smallest absolute Gasteiger partial charge is 0.253 e. The van der Waals surface area contributed by atoms with Crippen molar-refractivity contribution in [2.45, 2.75) is 4.34 Å². The van der Waals surface area contributed by atoms with Crippen LogP contribution in [0.5, 0.6) is 5.75 Å². The van der Waals surface area contributed by atoms with Crippen LogP contribution < -0.4 is 10.9 Å². The minimum absolute atomic E-state index is 0.0758. The van der Waals surface area contributed by atoms with Crippen molar-refractivity contribution >= 4 is 68.2 Å². The Morgan fingerprint density at radius 3 is 2.79 bits per heavy atom. The first-order valence-electron chi connectivity index (χ1n) is 6.53. The molecule has 0 saturated carbocycles. The third-order valence-corrected chi connectivity index (χ3v) is 5.75. The lowest BCUT2D eigenvalue weighted by atomic mass is 10.3. The van der Waals surface area contributed by atoms with Gasteiger partial charge in [0.25, 0.3) is 5.56 Å². The topological polar surface area (TPSA) is 95.1 Å². The van der Waals surface area contributed by atoms with Crippen LogP contribution in [0.4, 0.5) is 5.69 Å². The van der Waals surface area contributed by atoms with E-state index in [1.54, 1.807) is 18.2 Å². The van der Waals surface area contributed by atoms with Gasteiger partial charge in [-0.2, -0.15) is 0 Å². The summed E-state index contributed by atoms with van der Waals surface area (Å²) in [7, 11) is 0. The largest absolute Gasteiger partial charge is 0.506 e. The SMILES string of the molecule is O=C(CSc1nc2[nH]c(=O)cc(O)c2s1)Nc1c(Cl)cccc1Cl. The summed E-state index contributed by atoms with van der Waals surface area (Å²) in [6.45, 7) is 0. The Bertz CT molecular complexity index is 967. The van der Waals surface area contributed by atoms with Gasteiger partial charge in [-0.05, 0) is 12.1 Å². The van der Waals surface area contributed by atoms with Crippen molar-refractivity contribution in [1.82, 2.24) is 9.97 Å². The number of aromatic nitrogens is 2. The van der Waals surface area contributed by atoms with Crippen molar-refractivity contribution < 1.29 is 9.90 Å². The second-order valence-electron chi connectivity index (χ2n) is 4.61. The minimum atomic E-state index is -0.437. The summed E-state index contributed by atoms with van der Waals surface area (Å²) in [6, 6.07) is 6.02. The van der Waals surface area contributed by atoms with Crippen LogP contribution in [-0.2, 0) is 4.79 Å². The number of aromatic amines is 1. The van der Waals surface area contributed by atoms with Crippen molar-refractivity contribution in [2.24, 2.45) is 0 Å². The number of hydrogen-bond donors (Lipinski definition) is 3. The molecule has 0 fully saturated rings. The molecule has 3 N–H and O–H groups in total. The summed E-state index contributed by atoms with van der Waals surface area (Å²) >= 11 is 14.4. The number of thiazole rings is 1. The van der Waals surface area contributed by atoms with Crippen LogP contribution in [-0.4, -0.2) is 26.7 Å². The van der Waals surface area contributed by atoms with Gasteiger partial charge in [-0.15, -0.1) is 11.3 Å². The van der Waals surface area contributed by atoms with Gasteiger partial charge in [-0.3, -0.25) is 9.59 Å². The van der Waals surface area contributed by atoms with Gasteiger partial charge in [-0.1, -0.05) is 41.0 Å². The molecule has 24 heavy (non-hydrogen) atoms. The predicted molar refractivity (Wildman–Crippen MR) is 97.7 cm³/mol. The van der Waals surface area contributed by atoms with E-state index < -0.39 is 5.56 Å². The number of nitrogens with one attached hydrogen (secondary N) is 2. The molecule has 6 nitrogen and oxygen atoms in total. The second-order valence-corrected chi connectivity index (χ2v) is 7.65. The fraction of sp³-hybridized carbons (Fsp3) is 0.0714. The van der Waals surface area contributed by atoms with E-state index in [9.17, 15) is 14.7 Å². The average molecular weight is 402 g/mol. The summed E-state index contributed by atoms with van der Waals surface area (Å²) in [4.78, 5) is 30.1. The van der Waals surface area contributed by atoms with E-state index in [0.717, 1.165) is 6.07 Å². The van der Waals surface area contributed by atoms with E-state index in [4.69, 9.17) is 23.2 Å². The van der Waals surface area contributed by atoms with Gasteiger partial charge in [0.1, 0.15) is 10.4 Å². The highest BCUT2D eigenvalue weighted by Crippen LogP contribution is 2.33. The molecule has 0 atom stereocenters. The summed E-state index contributed by atoms with van der Waals surface area (Å²) in [5.74, 6) is -0.357. The summed E-state index contributed by atoms with van der Waals surface area (Å²) in [6.07, 6.45) is 0. The molecule has 0 unspecified atom stereocenters. The van der Waals surface area contributed by atoms with E-state index in [-0.39, 0.29) is 17.4 Å². The van der Waals surface area contributed by atoms with Crippen molar-refractivity contribution in [3.8, 4) is 5.75 Å². The number of carbonyl (C=O) groups is 1. The highest BCUT2D eigenvalue weighted by atomic mass is 35.5. The maximum atomic E-state index is 12.0. The van der Waals surface area contributed by atoms with Gasteiger partial charge in [0.2, 0.25) is 5.91 Å². The van der Waals surface area contributed by atoms with Crippen molar-refractivity contribution in [1.29, 1.82) is 0 Å². The Morgan fingerprint density at radius 2 is 2.08 bits per heavy atom. The predicted octanol–water partition coefficient (Wildman–Crippen LogP) is 3.73. The zero-order valence-electron chi connectivity index (χ0n) is 11.8. The molecule has 10 heteroatoms. The summed E-state index contributed by atoms with van der Waals surface area (Å²) in [5, 5.41) is 13.1. The van der Waals surface area contributed by atoms with Crippen LogP contribution in [0, 0.1) is 0 Å². The molecule has 2 aromatic heterocycles. The molecule has 0 radical (unpaired) electrons. The van der Waals surface area contributed by atoms with E-state index in [2.05, 4.69) is 15.3 Å². The number of anilines is 1. The number of amides is 1. The Morgan fingerprint density at radius 1 is 1.38 bits per heavy atom. The number of hydrogen-bond acceptors (Lipinski definition) is 6. The van der Waals surface area contributed by atoms with E-state index in [1.165, 1.54) is 23.1 Å². The Hall–Kier alpha value is -1.74. The lowest BCUT2D eigenvalue weighted by Gasteiger charge is -2.08. The quantitative estimate of drug-likeness (QED) is 0.578. The molecule has 3 aromatic rings. The van der Waals surface area contributed by atoms with Crippen molar-refractivity contribution in [2.75, 3.05) is 11.1 Å². The van der Waals surface area contributed by atoms with Crippen molar-refractivity contribution in [3.63, 3.8) is 0 Å². The molecule has 0 spiro atoms. The standard InChI is InChI=1S/C14H9Cl2N3O3S2/c15-6-2-1-3-7(16)11(6)17-10(22)5-23-14-19-13-12(24-14)8(20)4-9(21)18-13/h1-4H,5H2,(H,17,22)(H2,18,20,21). The van der Waals surface area contributed by atoms with Gasteiger partial charge < -0.3 is 15.4 Å². The first-order chi connectivity index (χ1) is 11.4. The number of rotatable bonds is 4.